The van der Waals surface area contributed by atoms with Crippen LogP contribution in [-0.2, 0) is 14.0 Å². The molecule has 24 heavy (non-hydrogen) atoms. The second-order valence-corrected chi connectivity index (χ2v) is 12.0. The largest absolute Gasteiger partial charge is 0.469 e. The molecule has 0 radical (unpaired) electrons. The topological polar surface area (TPSA) is 35.5 Å². The molecule has 3 nitrogen and oxygen atoms in total. The van der Waals surface area contributed by atoms with E-state index in [1.807, 2.05) is 0 Å². The van der Waals surface area contributed by atoms with Gasteiger partial charge in [0.05, 0.1) is 13.2 Å². The fourth-order valence-corrected chi connectivity index (χ4v) is 3.76. The number of esters is 1. The van der Waals surface area contributed by atoms with E-state index in [2.05, 4.69) is 43.5 Å². The molecule has 0 aliphatic rings. The van der Waals surface area contributed by atoms with Gasteiger partial charge in [0.15, 0.2) is 8.32 Å². The first-order valence-corrected chi connectivity index (χ1v) is 13.2. The predicted molar refractivity (Wildman–Crippen MR) is 106 cm³/mol. The highest BCUT2D eigenvalue weighted by Crippen LogP contribution is 2.16. The summed E-state index contributed by atoms with van der Waals surface area (Å²) < 4.78 is 11.0. The third-order valence-electron chi connectivity index (χ3n) is 3.93. The molecule has 0 bridgehead atoms. The van der Waals surface area contributed by atoms with Crippen molar-refractivity contribution in [3.8, 4) is 0 Å². The van der Waals surface area contributed by atoms with Crippen LogP contribution in [0.4, 0.5) is 0 Å². The van der Waals surface area contributed by atoms with Gasteiger partial charge in [-0.05, 0) is 45.3 Å². The summed E-state index contributed by atoms with van der Waals surface area (Å²) in [5, 5.41) is 0. The lowest BCUT2D eigenvalue weighted by atomic mass is 10.1. The van der Waals surface area contributed by atoms with E-state index in [0.29, 0.717) is 6.42 Å². The van der Waals surface area contributed by atoms with Crippen molar-refractivity contribution in [3.05, 3.63) is 12.2 Å². The average Bonchev–Trinajstić information content (AvgIpc) is 2.51. The highest BCUT2D eigenvalue weighted by molar-refractivity contribution is 6.69. The van der Waals surface area contributed by atoms with Crippen LogP contribution in [-0.4, -0.2) is 27.5 Å². The number of ether oxygens (including phenoxy) is 1. The number of rotatable bonds is 15. The Morgan fingerprint density at radius 2 is 1.67 bits per heavy atom. The minimum absolute atomic E-state index is 0.104. The Kier molecular flexibility index (Phi) is 14.3. The van der Waals surface area contributed by atoms with Crippen LogP contribution < -0.4 is 0 Å². The highest BCUT2D eigenvalue weighted by atomic mass is 28.4. The Morgan fingerprint density at radius 1 is 1.00 bits per heavy atom. The Labute approximate surface area is 151 Å². The average molecular weight is 357 g/mol. The van der Waals surface area contributed by atoms with Gasteiger partial charge >= 0.3 is 5.97 Å². The molecule has 0 aromatic rings. The zero-order valence-corrected chi connectivity index (χ0v) is 17.7. The lowest BCUT2D eigenvalue weighted by Crippen LogP contribution is -2.31. The van der Waals surface area contributed by atoms with E-state index < -0.39 is 8.32 Å². The normalized spacial score (nSPS) is 13.4. The Bertz CT molecular complexity index is 334. The van der Waals surface area contributed by atoms with Crippen LogP contribution >= 0.6 is 0 Å². The van der Waals surface area contributed by atoms with Crippen molar-refractivity contribution in [1.82, 2.24) is 0 Å². The molecule has 142 valence electrons. The van der Waals surface area contributed by atoms with Crippen LogP contribution in [0.5, 0.6) is 0 Å². The molecule has 0 aromatic heterocycles. The summed E-state index contributed by atoms with van der Waals surface area (Å²) in [6.45, 7) is 8.99. The van der Waals surface area contributed by atoms with Gasteiger partial charge in [-0.15, -0.1) is 0 Å². The van der Waals surface area contributed by atoms with Gasteiger partial charge < -0.3 is 9.16 Å². The zero-order valence-electron chi connectivity index (χ0n) is 16.7. The van der Waals surface area contributed by atoms with E-state index in [4.69, 9.17) is 4.43 Å². The van der Waals surface area contributed by atoms with Gasteiger partial charge in [0, 0.05) is 6.42 Å². The number of hydrogen-bond acceptors (Lipinski definition) is 3. The van der Waals surface area contributed by atoms with E-state index in [0.717, 1.165) is 32.1 Å². The van der Waals surface area contributed by atoms with Crippen molar-refractivity contribution < 1.29 is 14.0 Å². The zero-order chi connectivity index (χ0) is 18.3. The first-order valence-electron chi connectivity index (χ1n) is 9.80. The number of carbonyl (C=O) groups excluding carboxylic acids is 1. The fourth-order valence-electron chi connectivity index (χ4n) is 2.66. The second-order valence-electron chi connectivity index (χ2n) is 7.58. The van der Waals surface area contributed by atoms with E-state index in [1.54, 1.807) is 0 Å². The molecular formula is C20H40O3Si. The SMILES string of the molecule is CCCCCCC/C=C/C(CCCCCC(=O)OC)O[Si](C)(C)C. The molecule has 0 saturated carbocycles. The highest BCUT2D eigenvalue weighted by Gasteiger charge is 2.19. The maximum absolute atomic E-state index is 11.1. The third-order valence-corrected chi connectivity index (χ3v) is 4.94. The monoisotopic (exact) mass is 356 g/mol. The smallest absolute Gasteiger partial charge is 0.305 e. The van der Waals surface area contributed by atoms with E-state index >= 15 is 0 Å². The molecule has 0 aromatic carbocycles. The van der Waals surface area contributed by atoms with Gasteiger partial charge in [0.25, 0.3) is 0 Å². The standard InChI is InChI=1S/C20H40O3Si/c1-6-7-8-9-10-11-13-16-19(23-24(3,4)5)17-14-12-15-18-20(21)22-2/h13,16,19H,6-12,14-15,17-18H2,1-5H3/b16-13+. The molecular weight excluding hydrogens is 316 g/mol. The fraction of sp³-hybridized carbons (Fsp3) is 0.850. The molecule has 0 rings (SSSR count). The number of carbonyl (C=O) groups is 1. The minimum atomic E-state index is -1.52. The first-order chi connectivity index (χ1) is 11.4. The van der Waals surface area contributed by atoms with Crippen molar-refractivity contribution in [1.29, 1.82) is 0 Å². The number of unbranched alkanes of at least 4 members (excludes halogenated alkanes) is 7. The summed E-state index contributed by atoms with van der Waals surface area (Å²) in [4.78, 5) is 11.1. The summed E-state index contributed by atoms with van der Waals surface area (Å²) >= 11 is 0. The molecule has 0 aliphatic carbocycles. The number of hydrogen-bond donors (Lipinski definition) is 0. The van der Waals surface area contributed by atoms with Gasteiger partial charge in [0.1, 0.15) is 0 Å². The van der Waals surface area contributed by atoms with Crippen LogP contribution in [0.25, 0.3) is 0 Å². The van der Waals surface area contributed by atoms with Crippen LogP contribution in [0.15, 0.2) is 12.2 Å². The van der Waals surface area contributed by atoms with Crippen LogP contribution in [0.3, 0.4) is 0 Å². The Morgan fingerprint density at radius 3 is 2.29 bits per heavy atom. The summed E-state index contributed by atoms with van der Waals surface area (Å²) in [5.74, 6) is -0.104. The summed E-state index contributed by atoms with van der Waals surface area (Å²) in [7, 11) is -0.0723. The maximum atomic E-state index is 11.1. The first kappa shape index (κ1) is 23.4. The van der Waals surface area contributed by atoms with E-state index in [-0.39, 0.29) is 12.1 Å². The van der Waals surface area contributed by atoms with Crippen molar-refractivity contribution in [3.63, 3.8) is 0 Å². The van der Waals surface area contributed by atoms with E-state index in [9.17, 15) is 4.79 Å². The Balaban J connectivity index is 4.03. The van der Waals surface area contributed by atoms with Crippen LogP contribution in [0.2, 0.25) is 19.6 Å². The summed E-state index contributed by atoms with van der Waals surface area (Å²) in [5.41, 5.74) is 0. The molecule has 0 N–H and O–H groups in total. The van der Waals surface area contributed by atoms with Gasteiger partial charge in [-0.2, -0.15) is 0 Å². The molecule has 0 heterocycles. The molecule has 0 saturated heterocycles. The van der Waals surface area contributed by atoms with Crippen molar-refractivity contribution in [2.45, 2.75) is 103 Å². The molecule has 0 spiro atoms. The van der Waals surface area contributed by atoms with Crippen LogP contribution in [0.1, 0.15) is 77.6 Å². The molecule has 1 atom stereocenters. The van der Waals surface area contributed by atoms with Gasteiger partial charge in [0.2, 0.25) is 0 Å². The van der Waals surface area contributed by atoms with Gasteiger partial charge in [-0.3, -0.25) is 4.79 Å². The van der Waals surface area contributed by atoms with Gasteiger partial charge in [-0.25, -0.2) is 0 Å². The van der Waals surface area contributed by atoms with Crippen molar-refractivity contribution >= 4 is 14.3 Å². The Hall–Kier alpha value is -0.613. The van der Waals surface area contributed by atoms with E-state index in [1.165, 1.54) is 39.2 Å². The number of allylic oxidation sites excluding steroid dienone is 1. The molecule has 0 aliphatic heterocycles. The predicted octanol–water partition coefficient (Wildman–Crippen LogP) is 6.25. The van der Waals surface area contributed by atoms with Crippen molar-refractivity contribution in [2.75, 3.05) is 7.11 Å². The minimum Gasteiger partial charge on any atom is -0.469 e. The maximum Gasteiger partial charge on any atom is 0.305 e. The quantitative estimate of drug-likeness (QED) is 0.151. The summed E-state index contributed by atoms with van der Waals surface area (Å²) in [6.07, 6.45) is 17.3. The number of methoxy groups -OCH3 is 1. The molecule has 4 heteroatoms. The van der Waals surface area contributed by atoms with Crippen molar-refractivity contribution in [2.24, 2.45) is 0 Å². The second kappa shape index (κ2) is 14.7. The lowest BCUT2D eigenvalue weighted by Gasteiger charge is -2.24. The third kappa shape index (κ3) is 16.3. The molecule has 0 fully saturated rings. The molecule has 0 amide bonds. The summed E-state index contributed by atoms with van der Waals surface area (Å²) in [6, 6.07) is 0. The molecule has 1 unspecified atom stereocenters. The lowest BCUT2D eigenvalue weighted by molar-refractivity contribution is -0.140. The van der Waals surface area contributed by atoms with Gasteiger partial charge in [-0.1, -0.05) is 57.6 Å². The van der Waals surface area contributed by atoms with Crippen LogP contribution in [0, 0.1) is 0 Å².